The Morgan fingerprint density at radius 3 is 2.26 bits per heavy atom. The Kier molecular flexibility index (Phi) is 4.81. The molecule has 27 heavy (non-hydrogen) atoms. The standard InChI is InChI=1S/C23H19FN2O/c24-23(26-16-25-20-13-7-8-14-21(20)26)19(17-9-3-1-4-10-17)15-22(27)18-11-5-2-6-12-18/h1-14,16,22,27H,15H2. The van der Waals surface area contributed by atoms with Crippen LogP contribution in [0, 0.1) is 0 Å². The predicted molar refractivity (Wildman–Crippen MR) is 106 cm³/mol. The van der Waals surface area contributed by atoms with Crippen molar-refractivity contribution in [3.63, 3.8) is 0 Å². The van der Waals surface area contributed by atoms with E-state index in [9.17, 15) is 5.11 Å². The lowest BCUT2D eigenvalue weighted by atomic mass is 9.96. The van der Waals surface area contributed by atoms with Crippen LogP contribution in [0.5, 0.6) is 0 Å². The highest BCUT2D eigenvalue weighted by atomic mass is 19.1. The Morgan fingerprint density at radius 1 is 0.889 bits per heavy atom. The molecular formula is C23H19FN2O. The van der Waals surface area contributed by atoms with Gasteiger partial charge in [-0.2, -0.15) is 4.39 Å². The number of aromatic nitrogens is 2. The first kappa shape index (κ1) is 17.2. The van der Waals surface area contributed by atoms with E-state index in [1.54, 1.807) is 0 Å². The lowest BCUT2D eigenvalue weighted by Gasteiger charge is -2.16. The molecule has 0 radical (unpaired) electrons. The third-order valence-electron chi connectivity index (χ3n) is 4.62. The summed E-state index contributed by atoms with van der Waals surface area (Å²) in [7, 11) is 0. The molecule has 4 rings (SSSR count). The molecule has 1 unspecified atom stereocenters. The number of hydrogen-bond acceptors (Lipinski definition) is 2. The first-order chi connectivity index (χ1) is 13.2. The van der Waals surface area contributed by atoms with Gasteiger partial charge in [-0.25, -0.2) is 4.98 Å². The fourth-order valence-electron chi connectivity index (χ4n) is 3.21. The van der Waals surface area contributed by atoms with Crippen molar-refractivity contribution < 1.29 is 9.50 Å². The lowest BCUT2D eigenvalue weighted by molar-refractivity contribution is 0.184. The molecule has 1 atom stereocenters. The lowest BCUT2D eigenvalue weighted by Crippen LogP contribution is -2.03. The zero-order chi connectivity index (χ0) is 18.6. The van der Waals surface area contributed by atoms with Crippen LogP contribution in [0.25, 0.3) is 22.6 Å². The number of halogens is 1. The minimum absolute atomic E-state index is 0.159. The maximum atomic E-state index is 15.6. The fraction of sp³-hybridized carbons (Fsp3) is 0.0870. The second-order valence-corrected chi connectivity index (χ2v) is 6.37. The van der Waals surface area contributed by atoms with Crippen molar-refractivity contribution in [3.8, 4) is 0 Å². The molecule has 0 saturated heterocycles. The van der Waals surface area contributed by atoms with Gasteiger partial charge in [0.05, 0.1) is 17.1 Å². The van der Waals surface area contributed by atoms with E-state index in [0.29, 0.717) is 11.1 Å². The third kappa shape index (κ3) is 3.52. The van der Waals surface area contributed by atoms with Crippen molar-refractivity contribution in [2.45, 2.75) is 12.5 Å². The largest absolute Gasteiger partial charge is 0.388 e. The van der Waals surface area contributed by atoms with E-state index in [-0.39, 0.29) is 6.42 Å². The number of rotatable bonds is 5. The maximum absolute atomic E-state index is 15.6. The topological polar surface area (TPSA) is 38.0 Å². The van der Waals surface area contributed by atoms with Crippen molar-refractivity contribution in [2.75, 3.05) is 0 Å². The number of benzene rings is 3. The summed E-state index contributed by atoms with van der Waals surface area (Å²) in [5.74, 6) is -0.426. The molecule has 3 aromatic carbocycles. The molecule has 3 nitrogen and oxygen atoms in total. The Hall–Kier alpha value is -3.24. The van der Waals surface area contributed by atoms with Crippen LogP contribution < -0.4 is 0 Å². The Bertz CT molecular complexity index is 1070. The molecule has 4 heteroatoms. The molecule has 0 aliphatic carbocycles. The van der Waals surface area contributed by atoms with Crippen molar-refractivity contribution in [2.24, 2.45) is 0 Å². The van der Waals surface area contributed by atoms with E-state index < -0.39 is 12.1 Å². The molecule has 0 amide bonds. The summed E-state index contributed by atoms with van der Waals surface area (Å²) < 4.78 is 17.1. The van der Waals surface area contributed by atoms with Gasteiger partial charge in [0.15, 0.2) is 0 Å². The zero-order valence-electron chi connectivity index (χ0n) is 14.7. The van der Waals surface area contributed by atoms with Gasteiger partial charge in [0.1, 0.15) is 6.33 Å². The van der Waals surface area contributed by atoms with E-state index in [2.05, 4.69) is 4.98 Å². The van der Waals surface area contributed by atoms with Crippen LogP contribution in [0.1, 0.15) is 23.7 Å². The average molecular weight is 358 g/mol. The number of aliphatic hydroxyl groups excluding tert-OH is 1. The smallest absolute Gasteiger partial charge is 0.203 e. The number of imidazole rings is 1. The quantitative estimate of drug-likeness (QED) is 0.515. The Morgan fingerprint density at radius 2 is 1.52 bits per heavy atom. The van der Waals surface area contributed by atoms with E-state index in [0.717, 1.165) is 16.6 Å². The minimum Gasteiger partial charge on any atom is -0.388 e. The highest BCUT2D eigenvalue weighted by Gasteiger charge is 2.18. The molecule has 0 spiro atoms. The summed E-state index contributed by atoms with van der Waals surface area (Å²) in [6.07, 6.45) is 0.839. The van der Waals surface area contributed by atoms with E-state index in [4.69, 9.17) is 0 Å². The van der Waals surface area contributed by atoms with Crippen molar-refractivity contribution in [1.29, 1.82) is 0 Å². The second kappa shape index (κ2) is 7.56. The molecular weight excluding hydrogens is 339 g/mol. The van der Waals surface area contributed by atoms with Crippen LogP contribution >= 0.6 is 0 Å². The monoisotopic (exact) mass is 358 g/mol. The highest BCUT2D eigenvalue weighted by molar-refractivity contribution is 5.86. The molecule has 1 heterocycles. The summed E-state index contributed by atoms with van der Waals surface area (Å²) in [5, 5.41) is 10.7. The summed E-state index contributed by atoms with van der Waals surface area (Å²) in [4.78, 5) is 4.28. The highest BCUT2D eigenvalue weighted by Crippen LogP contribution is 2.33. The van der Waals surface area contributed by atoms with Crippen LogP contribution in [0.4, 0.5) is 4.39 Å². The molecule has 0 fully saturated rings. The van der Waals surface area contributed by atoms with Crippen molar-refractivity contribution in [3.05, 3.63) is 102 Å². The number of nitrogens with zero attached hydrogens (tertiary/aromatic N) is 2. The van der Waals surface area contributed by atoms with Crippen LogP contribution in [-0.4, -0.2) is 14.7 Å². The molecule has 0 aliphatic heterocycles. The first-order valence-electron chi connectivity index (χ1n) is 8.83. The second-order valence-electron chi connectivity index (χ2n) is 6.37. The third-order valence-corrected chi connectivity index (χ3v) is 4.62. The van der Waals surface area contributed by atoms with E-state index >= 15 is 4.39 Å². The van der Waals surface area contributed by atoms with Gasteiger partial charge >= 0.3 is 0 Å². The van der Waals surface area contributed by atoms with Crippen LogP contribution in [0.2, 0.25) is 0 Å². The van der Waals surface area contributed by atoms with Gasteiger partial charge in [-0.3, -0.25) is 4.57 Å². The van der Waals surface area contributed by atoms with Gasteiger partial charge in [0.25, 0.3) is 0 Å². The predicted octanol–water partition coefficient (Wildman–Crippen LogP) is 5.46. The fourth-order valence-corrected chi connectivity index (χ4v) is 3.21. The first-order valence-corrected chi connectivity index (χ1v) is 8.83. The van der Waals surface area contributed by atoms with Crippen LogP contribution in [0.15, 0.2) is 91.3 Å². The molecule has 1 aromatic heterocycles. The normalized spacial score (nSPS) is 13.4. The van der Waals surface area contributed by atoms with Crippen LogP contribution in [0.3, 0.4) is 0 Å². The van der Waals surface area contributed by atoms with Gasteiger partial charge in [-0.15, -0.1) is 0 Å². The van der Waals surface area contributed by atoms with Gasteiger partial charge in [-0.05, 0) is 23.3 Å². The number of fused-ring (bicyclic) bond motifs is 1. The molecule has 1 N–H and O–H groups in total. The number of hydrogen-bond donors (Lipinski definition) is 1. The van der Waals surface area contributed by atoms with Gasteiger partial charge in [0.2, 0.25) is 5.95 Å². The minimum atomic E-state index is -0.804. The molecule has 4 aromatic rings. The zero-order valence-corrected chi connectivity index (χ0v) is 14.7. The molecule has 134 valence electrons. The molecule has 0 bridgehead atoms. The maximum Gasteiger partial charge on any atom is 0.203 e. The summed E-state index contributed by atoms with van der Waals surface area (Å²) in [5.41, 5.74) is 3.35. The summed E-state index contributed by atoms with van der Waals surface area (Å²) in [6, 6.07) is 26.0. The average Bonchev–Trinajstić information content (AvgIpc) is 3.17. The Labute approximate surface area is 157 Å². The number of para-hydroxylation sites is 2. The molecule has 0 aliphatic rings. The molecule has 0 saturated carbocycles. The van der Waals surface area contributed by atoms with Crippen LogP contribution in [-0.2, 0) is 0 Å². The SMILES string of the molecule is OC(CC(=C(F)n1cnc2ccccc21)c1ccccc1)c1ccccc1. The number of aliphatic hydroxyl groups is 1. The van der Waals surface area contributed by atoms with Gasteiger partial charge in [0, 0.05) is 12.0 Å². The Balaban J connectivity index is 1.81. The van der Waals surface area contributed by atoms with Gasteiger partial charge < -0.3 is 5.11 Å². The van der Waals surface area contributed by atoms with Crippen molar-refractivity contribution >= 4 is 22.6 Å². The van der Waals surface area contributed by atoms with E-state index in [1.165, 1.54) is 10.9 Å². The van der Waals surface area contributed by atoms with E-state index in [1.807, 2.05) is 84.9 Å². The van der Waals surface area contributed by atoms with Gasteiger partial charge in [-0.1, -0.05) is 72.8 Å². The summed E-state index contributed by atoms with van der Waals surface area (Å²) >= 11 is 0. The summed E-state index contributed by atoms with van der Waals surface area (Å²) in [6.45, 7) is 0. The van der Waals surface area contributed by atoms with Crippen molar-refractivity contribution in [1.82, 2.24) is 9.55 Å².